The molecule has 25 heavy (non-hydrogen) atoms. The van der Waals surface area contributed by atoms with Crippen LogP contribution in [0, 0.1) is 0 Å². The predicted octanol–water partition coefficient (Wildman–Crippen LogP) is 3.24. The Bertz CT molecular complexity index is 460. The maximum absolute atomic E-state index is 8.63. The average Bonchev–Trinajstić information content (AvgIpc) is 2.59. The van der Waals surface area contributed by atoms with Crippen molar-refractivity contribution in [1.29, 1.82) is 0 Å². The number of phenols is 1. The van der Waals surface area contributed by atoms with E-state index in [-0.39, 0.29) is 35.0 Å². The Labute approximate surface area is 198 Å². The summed E-state index contributed by atoms with van der Waals surface area (Å²) in [6, 6.07) is 18.6. The quantitative estimate of drug-likeness (QED) is 0.341. The van der Waals surface area contributed by atoms with Gasteiger partial charge in [-0.1, -0.05) is 84.2 Å². The Kier molecular flexibility index (Phi) is 29.5. The number of rotatable bonds is 6. The van der Waals surface area contributed by atoms with Gasteiger partial charge in [-0.3, -0.25) is 0 Å². The molecule has 0 aliphatic carbocycles. The van der Waals surface area contributed by atoms with Gasteiger partial charge in [0.15, 0.2) is 0 Å². The summed E-state index contributed by atoms with van der Waals surface area (Å²) in [6.07, 6.45) is 2.27. The van der Waals surface area contributed by atoms with E-state index in [2.05, 4.69) is 47.8 Å². The molecule has 0 saturated carbocycles. The minimum atomic E-state index is 0. The first-order chi connectivity index (χ1) is 11.2. The molecule has 0 heterocycles. The summed E-state index contributed by atoms with van der Waals surface area (Å²) in [7, 11) is 0. The van der Waals surface area contributed by atoms with Gasteiger partial charge in [0.25, 0.3) is 0 Å². The summed E-state index contributed by atoms with van der Waals surface area (Å²) < 4.78 is 5.42. The van der Waals surface area contributed by atoms with Crippen molar-refractivity contribution < 1.29 is 44.9 Å². The third kappa shape index (κ3) is 22.4. The fraction of sp³-hybridized carbons (Fsp3) is 0.333. The SMILES string of the molecule is BrCCCBr.BrCCCOc1ccccc1.Oc1ccccc1.[Na+].[OH-]. The number of ether oxygens (including phenoxy) is 1. The van der Waals surface area contributed by atoms with Gasteiger partial charge in [-0.15, -0.1) is 0 Å². The standard InChI is InChI=1S/C9H11BrO.C6H6O.C3H6Br2.Na.H2O/c10-7-4-8-11-9-5-2-1-3-6-9;7-6-4-2-1-3-5-6;4-2-1-3-5;;/h1-3,5-6H,4,7-8H2;1-5,7H;1-3H2;;1H2/q;;;+1;/p-1. The molecule has 136 valence electrons. The summed E-state index contributed by atoms with van der Waals surface area (Å²) in [5, 5.41) is 11.9. The van der Waals surface area contributed by atoms with Crippen molar-refractivity contribution in [1.82, 2.24) is 0 Å². The fourth-order valence-electron chi connectivity index (χ4n) is 1.24. The third-order valence-corrected chi connectivity index (χ3v) is 4.00. The molecule has 2 N–H and O–H groups in total. The number of hydrogen-bond acceptors (Lipinski definition) is 3. The first kappa shape index (κ1) is 30.2. The van der Waals surface area contributed by atoms with Crippen LogP contribution in [-0.2, 0) is 0 Å². The van der Waals surface area contributed by atoms with Crippen molar-refractivity contribution in [2.45, 2.75) is 12.8 Å². The van der Waals surface area contributed by atoms with Crippen LogP contribution in [0.5, 0.6) is 11.5 Å². The fourth-order valence-corrected chi connectivity index (χ4v) is 2.78. The summed E-state index contributed by atoms with van der Waals surface area (Å²) in [6.45, 7) is 0.787. The van der Waals surface area contributed by atoms with Gasteiger partial charge in [0.1, 0.15) is 11.5 Å². The van der Waals surface area contributed by atoms with E-state index in [1.807, 2.05) is 36.4 Å². The molecule has 0 aromatic heterocycles. The van der Waals surface area contributed by atoms with E-state index in [9.17, 15) is 0 Å². The van der Waals surface area contributed by atoms with Gasteiger partial charge < -0.3 is 15.3 Å². The van der Waals surface area contributed by atoms with Crippen LogP contribution in [0.4, 0.5) is 0 Å². The molecule has 2 aromatic carbocycles. The van der Waals surface area contributed by atoms with E-state index in [0.717, 1.165) is 34.8 Å². The number of aromatic hydroxyl groups is 1. The molecule has 7 heteroatoms. The van der Waals surface area contributed by atoms with Crippen LogP contribution in [0.2, 0.25) is 0 Å². The monoisotopic (exact) mass is 548 g/mol. The summed E-state index contributed by atoms with van der Waals surface area (Å²) in [5.74, 6) is 1.27. The maximum atomic E-state index is 8.63. The Morgan fingerprint density at radius 2 is 1.16 bits per heavy atom. The zero-order chi connectivity index (χ0) is 17.2. The van der Waals surface area contributed by atoms with Crippen molar-refractivity contribution in [3.05, 3.63) is 60.7 Å². The van der Waals surface area contributed by atoms with Gasteiger partial charge >= 0.3 is 29.6 Å². The molecule has 2 rings (SSSR count). The number of benzene rings is 2. The molecule has 0 unspecified atom stereocenters. The molecule has 0 radical (unpaired) electrons. The minimum absolute atomic E-state index is 0. The largest absolute Gasteiger partial charge is 1.00 e. The Hall–Kier alpha value is 0.440. The zero-order valence-corrected chi connectivity index (χ0v) is 21.2. The van der Waals surface area contributed by atoms with Crippen LogP contribution in [0.1, 0.15) is 12.8 Å². The zero-order valence-electron chi connectivity index (χ0n) is 14.5. The Balaban J connectivity index is -0.000000302. The Morgan fingerprint density at radius 3 is 1.48 bits per heavy atom. The number of halogens is 3. The van der Waals surface area contributed by atoms with Crippen LogP contribution in [0.25, 0.3) is 0 Å². The molecule has 0 bridgehead atoms. The van der Waals surface area contributed by atoms with Crippen molar-refractivity contribution in [2.24, 2.45) is 0 Å². The number of phenolic OH excluding ortho intramolecular Hbond substituents is 1. The molecule has 2 aromatic rings. The summed E-state index contributed by atoms with van der Waals surface area (Å²) in [5.41, 5.74) is 0. The van der Waals surface area contributed by atoms with Crippen LogP contribution in [-0.4, -0.2) is 33.2 Å². The third-order valence-electron chi connectivity index (χ3n) is 2.31. The van der Waals surface area contributed by atoms with Gasteiger partial charge in [0, 0.05) is 16.0 Å². The second-order valence-corrected chi connectivity index (χ2v) is 6.65. The van der Waals surface area contributed by atoms with E-state index in [1.165, 1.54) is 6.42 Å². The summed E-state index contributed by atoms with van der Waals surface area (Å²) >= 11 is 9.90. The van der Waals surface area contributed by atoms with Crippen molar-refractivity contribution in [3.8, 4) is 11.5 Å². The van der Waals surface area contributed by atoms with E-state index < -0.39 is 0 Å². The molecular formula is C18H24Br3NaO3. The molecule has 0 saturated heterocycles. The maximum Gasteiger partial charge on any atom is 1.00 e. The second kappa shape index (κ2) is 24.4. The van der Waals surface area contributed by atoms with E-state index in [0.29, 0.717) is 5.75 Å². The predicted molar refractivity (Wildman–Crippen MR) is 113 cm³/mol. The molecule has 0 spiro atoms. The van der Waals surface area contributed by atoms with Crippen LogP contribution in [0.15, 0.2) is 60.7 Å². The Morgan fingerprint density at radius 1 is 0.720 bits per heavy atom. The van der Waals surface area contributed by atoms with E-state index >= 15 is 0 Å². The van der Waals surface area contributed by atoms with Crippen molar-refractivity contribution in [2.75, 3.05) is 22.6 Å². The molecule has 0 fully saturated rings. The number of para-hydroxylation sites is 2. The van der Waals surface area contributed by atoms with Crippen LogP contribution >= 0.6 is 47.8 Å². The van der Waals surface area contributed by atoms with Gasteiger partial charge in [-0.05, 0) is 37.1 Å². The van der Waals surface area contributed by atoms with Crippen LogP contribution in [0.3, 0.4) is 0 Å². The van der Waals surface area contributed by atoms with Crippen molar-refractivity contribution in [3.63, 3.8) is 0 Å². The topological polar surface area (TPSA) is 59.5 Å². The normalized spacial score (nSPS) is 8.28. The first-order valence-electron chi connectivity index (χ1n) is 7.34. The molecule has 0 aliphatic heterocycles. The molecule has 0 aliphatic rings. The van der Waals surface area contributed by atoms with Crippen molar-refractivity contribution >= 4 is 47.8 Å². The van der Waals surface area contributed by atoms with Gasteiger partial charge in [-0.2, -0.15) is 0 Å². The molecule has 0 atom stereocenters. The summed E-state index contributed by atoms with van der Waals surface area (Å²) in [4.78, 5) is 0. The van der Waals surface area contributed by atoms with Gasteiger partial charge in [0.05, 0.1) is 6.61 Å². The van der Waals surface area contributed by atoms with Gasteiger partial charge in [0.2, 0.25) is 0 Å². The average molecular weight is 551 g/mol. The molecular weight excluding hydrogens is 527 g/mol. The smallest absolute Gasteiger partial charge is 0.870 e. The molecule has 3 nitrogen and oxygen atoms in total. The number of alkyl halides is 3. The van der Waals surface area contributed by atoms with E-state index in [4.69, 9.17) is 9.84 Å². The second-order valence-electron chi connectivity index (χ2n) is 4.27. The first-order valence-corrected chi connectivity index (χ1v) is 10.7. The van der Waals surface area contributed by atoms with Gasteiger partial charge in [-0.25, -0.2) is 0 Å². The minimum Gasteiger partial charge on any atom is -0.870 e. The van der Waals surface area contributed by atoms with E-state index in [1.54, 1.807) is 24.3 Å². The molecule has 0 amide bonds. The van der Waals surface area contributed by atoms with Crippen LogP contribution < -0.4 is 34.3 Å². The number of hydrogen-bond donors (Lipinski definition) is 1.